The second-order valence-electron chi connectivity index (χ2n) is 5.82. The summed E-state index contributed by atoms with van der Waals surface area (Å²) in [5, 5.41) is 0.0804. The summed E-state index contributed by atoms with van der Waals surface area (Å²) in [6.07, 6.45) is 1.65. The van der Waals surface area contributed by atoms with Crippen LogP contribution < -0.4 is 9.47 Å². The van der Waals surface area contributed by atoms with E-state index in [2.05, 4.69) is 0 Å². The van der Waals surface area contributed by atoms with Gasteiger partial charge in [-0.05, 0) is 42.5 Å². The highest BCUT2D eigenvalue weighted by Crippen LogP contribution is 2.33. The highest BCUT2D eigenvalue weighted by atomic mass is 35.5. The van der Waals surface area contributed by atoms with Crippen molar-refractivity contribution < 1.29 is 23.9 Å². The van der Waals surface area contributed by atoms with Crippen LogP contribution in [-0.2, 0) is 4.79 Å². The molecule has 0 N–H and O–H groups in total. The van der Waals surface area contributed by atoms with Crippen LogP contribution in [0.15, 0.2) is 84.9 Å². The summed E-state index contributed by atoms with van der Waals surface area (Å²) in [6, 6.07) is 21.2. The number of aldehydes is 1. The maximum absolute atomic E-state index is 12.4. The van der Waals surface area contributed by atoms with Crippen LogP contribution in [0.2, 0.25) is 0 Å². The molecule has 0 radical (unpaired) electrons. The molecule has 0 bridgehead atoms. The van der Waals surface area contributed by atoms with Gasteiger partial charge in [0, 0.05) is 11.6 Å². The molecule has 3 aromatic rings. The summed E-state index contributed by atoms with van der Waals surface area (Å²) >= 11 is 6.13. The molecule has 144 valence electrons. The van der Waals surface area contributed by atoms with Crippen LogP contribution in [0.3, 0.4) is 0 Å². The van der Waals surface area contributed by atoms with Gasteiger partial charge in [-0.15, -0.1) is 0 Å². The molecule has 0 saturated heterocycles. The van der Waals surface area contributed by atoms with E-state index in [9.17, 15) is 14.4 Å². The van der Waals surface area contributed by atoms with Gasteiger partial charge in [0.25, 0.3) is 0 Å². The average Bonchev–Trinajstić information content (AvgIpc) is 2.75. The largest absolute Gasteiger partial charge is 0.423 e. The first-order valence-corrected chi connectivity index (χ1v) is 8.96. The zero-order chi connectivity index (χ0) is 20.6. The van der Waals surface area contributed by atoms with Gasteiger partial charge in [-0.25, -0.2) is 9.59 Å². The van der Waals surface area contributed by atoms with Gasteiger partial charge in [-0.1, -0.05) is 48.0 Å². The lowest BCUT2D eigenvalue weighted by atomic mass is 10.1. The van der Waals surface area contributed by atoms with E-state index in [0.717, 1.165) is 6.08 Å². The molecule has 0 aliphatic carbocycles. The van der Waals surface area contributed by atoms with E-state index in [1.165, 1.54) is 18.2 Å². The Bertz CT molecular complexity index is 1060. The monoisotopic (exact) mass is 406 g/mol. The second-order valence-corrected chi connectivity index (χ2v) is 6.23. The van der Waals surface area contributed by atoms with Crippen molar-refractivity contribution in [3.63, 3.8) is 0 Å². The van der Waals surface area contributed by atoms with Gasteiger partial charge in [-0.2, -0.15) is 0 Å². The Morgan fingerprint density at radius 2 is 1.31 bits per heavy atom. The fraction of sp³-hybridized carbons (Fsp3) is 0. The van der Waals surface area contributed by atoms with Crippen LogP contribution in [-0.4, -0.2) is 18.2 Å². The summed E-state index contributed by atoms with van der Waals surface area (Å²) in [5.41, 5.74) is 1.02. The zero-order valence-electron chi connectivity index (χ0n) is 15.1. The Labute approximate surface area is 172 Å². The normalized spacial score (nSPS) is 10.9. The Morgan fingerprint density at radius 3 is 1.86 bits per heavy atom. The maximum atomic E-state index is 12.4. The molecule has 0 spiro atoms. The van der Waals surface area contributed by atoms with E-state index in [-0.39, 0.29) is 16.5 Å². The molecule has 0 fully saturated rings. The third-order valence-corrected chi connectivity index (χ3v) is 4.19. The number of allylic oxidation sites excluding steroid dienone is 1. The van der Waals surface area contributed by atoms with Crippen LogP contribution in [0.1, 0.15) is 26.3 Å². The van der Waals surface area contributed by atoms with Crippen molar-refractivity contribution >= 4 is 34.9 Å². The molecular weight excluding hydrogens is 392 g/mol. The highest BCUT2D eigenvalue weighted by Gasteiger charge is 2.16. The van der Waals surface area contributed by atoms with Gasteiger partial charge < -0.3 is 9.47 Å². The first kappa shape index (κ1) is 20.0. The highest BCUT2D eigenvalue weighted by molar-refractivity contribution is 6.50. The number of carbonyl (C=O) groups is 3. The van der Waals surface area contributed by atoms with Crippen molar-refractivity contribution in [2.24, 2.45) is 0 Å². The van der Waals surface area contributed by atoms with Gasteiger partial charge in [0.15, 0.2) is 0 Å². The Kier molecular flexibility index (Phi) is 6.55. The molecular formula is C23H15ClO5. The van der Waals surface area contributed by atoms with Crippen LogP contribution in [0.25, 0.3) is 5.03 Å². The minimum absolute atomic E-state index is 0.0558. The minimum atomic E-state index is -0.617. The fourth-order valence-corrected chi connectivity index (χ4v) is 2.68. The van der Waals surface area contributed by atoms with E-state index >= 15 is 0 Å². The molecule has 5 nitrogen and oxygen atoms in total. The lowest BCUT2D eigenvalue weighted by Gasteiger charge is -2.12. The third-order valence-electron chi connectivity index (χ3n) is 3.86. The first-order chi connectivity index (χ1) is 14.1. The van der Waals surface area contributed by atoms with E-state index in [4.69, 9.17) is 21.1 Å². The van der Waals surface area contributed by atoms with Crippen molar-refractivity contribution in [2.45, 2.75) is 0 Å². The van der Waals surface area contributed by atoms with E-state index < -0.39 is 11.9 Å². The Balaban J connectivity index is 1.91. The van der Waals surface area contributed by atoms with Crippen molar-refractivity contribution in [1.82, 2.24) is 0 Å². The van der Waals surface area contributed by atoms with Crippen molar-refractivity contribution in [2.75, 3.05) is 0 Å². The van der Waals surface area contributed by atoms with Crippen molar-refractivity contribution in [1.29, 1.82) is 0 Å². The summed E-state index contributed by atoms with van der Waals surface area (Å²) in [4.78, 5) is 35.5. The summed E-state index contributed by atoms with van der Waals surface area (Å²) < 4.78 is 10.8. The van der Waals surface area contributed by atoms with Gasteiger partial charge >= 0.3 is 11.9 Å². The van der Waals surface area contributed by atoms with E-state index in [0.29, 0.717) is 23.0 Å². The van der Waals surface area contributed by atoms with Crippen LogP contribution in [0.4, 0.5) is 0 Å². The third kappa shape index (κ3) is 5.18. The topological polar surface area (TPSA) is 69.7 Å². The second kappa shape index (κ2) is 9.48. The summed E-state index contributed by atoms with van der Waals surface area (Å²) in [7, 11) is 0. The quantitative estimate of drug-likeness (QED) is 0.252. The zero-order valence-corrected chi connectivity index (χ0v) is 15.8. The fourth-order valence-electron chi connectivity index (χ4n) is 2.47. The number of hydrogen-bond acceptors (Lipinski definition) is 5. The number of hydrogen-bond donors (Lipinski definition) is 0. The number of esters is 2. The van der Waals surface area contributed by atoms with Crippen LogP contribution in [0, 0.1) is 0 Å². The molecule has 0 unspecified atom stereocenters. The van der Waals surface area contributed by atoms with Gasteiger partial charge in [-0.3, -0.25) is 4.79 Å². The van der Waals surface area contributed by atoms with E-state index in [1.54, 1.807) is 60.7 Å². The van der Waals surface area contributed by atoms with Crippen LogP contribution in [0.5, 0.6) is 11.5 Å². The molecule has 0 heterocycles. The summed E-state index contributed by atoms with van der Waals surface area (Å²) in [6.45, 7) is 0. The van der Waals surface area contributed by atoms with Gasteiger partial charge in [0.2, 0.25) is 0 Å². The molecule has 0 atom stereocenters. The number of carbonyl (C=O) groups excluding carboxylic acids is 3. The first-order valence-electron chi connectivity index (χ1n) is 8.58. The standard InChI is InChI=1S/C23H15ClO5/c24-20(13-14-25)19-12-11-18(28-22(26)16-7-3-1-4-8-16)15-21(19)29-23(27)17-9-5-2-6-10-17/h1-15H/b20-13-. The van der Waals surface area contributed by atoms with E-state index in [1.807, 2.05) is 0 Å². The van der Waals surface area contributed by atoms with Gasteiger partial charge in [0.1, 0.15) is 17.8 Å². The van der Waals surface area contributed by atoms with Crippen LogP contribution >= 0.6 is 11.6 Å². The number of benzene rings is 3. The predicted molar refractivity (Wildman–Crippen MR) is 109 cm³/mol. The molecule has 29 heavy (non-hydrogen) atoms. The van der Waals surface area contributed by atoms with Gasteiger partial charge in [0.05, 0.1) is 16.2 Å². The lowest BCUT2D eigenvalue weighted by molar-refractivity contribution is -0.104. The molecule has 0 aliphatic rings. The number of halogens is 1. The maximum Gasteiger partial charge on any atom is 0.343 e. The Hall–Kier alpha value is -3.70. The molecule has 3 aromatic carbocycles. The van der Waals surface area contributed by atoms with Crippen molar-refractivity contribution in [3.05, 3.63) is 102 Å². The SMILES string of the molecule is O=C/C=C(\Cl)c1ccc(OC(=O)c2ccccc2)cc1OC(=O)c1ccccc1. The molecule has 0 amide bonds. The Morgan fingerprint density at radius 1 is 0.759 bits per heavy atom. The molecule has 0 saturated carbocycles. The average molecular weight is 407 g/mol. The predicted octanol–water partition coefficient (Wildman–Crippen LogP) is 4.90. The smallest absolute Gasteiger partial charge is 0.343 e. The molecule has 0 aromatic heterocycles. The molecule has 0 aliphatic heterocycles. The molecule has 6 heteroatoms. The minimum Gasteiger partial charge on any atom is -0.423 e. The lowest BCUT2D eigenvalue weighted by Crippen LogP contribution is -2.11. The number of rotatable bonds is 6. The number of ether oxygens (including phenoxy) is 2. The van der Waals surface area contributed by atoms with Crippen molar-refractivity contribution in [3.8, 4) is 11.5 Å². The summed E-state index contributed by atoms with van der Waals surface area (Å²) in [5.74, 6) is -0.962. The molecule has 3 rings (SSSR count).